The van der Waals surface area contributed by atoms with Crippen LogP contribution in [-0.2, 0) is 4.84 Å². The van der Waals surface area contributed by atoms with Crippen molar-refractivity contribution in [1.82, 2.24) is 5.48 Å². The number of aliphatic hydroxyl groups excluding tert-OH is 1. The highest BCUT2D eigenvalue weighted by Gasteiger charge is 2.13. The van der Waals surface area contributed by atoms with Gasteiger partial charge in [0.05, 0.1) is 23.2 Å². The largest absolute Gasteiger partial charge is 0.387 e. The van der Waals surface area contributed by atoms with Crippen molar-refractivity contribution in [3.05, 3.63) is 39.9 Å². The van der Waals surface area contributed by atoms with Crippen molar-refractivity contribution in [1.29, 1.82) is 0 Å². The van der Waals surface area contributed by atoms with E-state index in [0.29, 0.717) is 5.56 Å². The quantitative estimate of drug-likeness (QED) is 0.619. The molecule has 1 atom stereocenters. The molecule has 18 heavy (non-hydrogen) atoms. The molecule has 0 aliphatic heterocycles. The fraction of sp³-hybridized carbons (Fsp3) is 0.500. The summed E-state index contributed by atoms with van der Waals surface area (Å²) in [4.78, 5) is 15.3. The van der Waals surface area contributed by atoms with Crippen LogP contribution in [-0.4, -0.2) is 22.2 Å². The molecule has 0 bridgehead atoms. The standard InChI is InChI=1S/C12H18N2O4/c1-12(2,3)18-13-8-11(15)9-4-6-10(7-5-9)14(16)17/h4-7,11,13,15H,8H2,1-3H3. The maximum absolute atomic E-state index is 10.5. The summed E-state index contributed by atoms with van der Waals surface area (Å²) in [6.45, 7) is 5.88. The Labute approximate surface area is 106 Å². The van der Waals surface area contributed by atoms with E-state index in [1.54, 1.807) is 0 Å². The van der Waals surface area contributed by atoms with Crippen LogP contribution >= 0.6 is 0 Å². The average molecular weight is 254 g/mol. The van der Waals surface area contributed by atoms with Crippen LogP contribution in [0.2, 0.25) is 0 Å². The molecule has 2 N–H and O–H groups in total. The summed E-state index contributed by atoms with van der Waals surface area (Å²) in [6.07, 6.45) is -0.770. The normalized spacial score (nSPS) is 13.3. The summed E-state index contributed by atoms with van der Waals surface area (Å²) >= 11 is 0. The van der Waals surface area contributed by atoms with Crippen LogP contribution < -0.4 is 5.48 Å². The van der Waals surface area contributed by atoms with E-state index < -0.39 is 11.0 Å². The first kappa shape index (κ1) is 14.6. The second-order valence-corrected chi connectivity index (χ2v) is 4.93. The van der Waals surface area contributed by atoms with Crippen LogP contribution in [0, 0.1) is 10.1 Å². The van der Waals surface area contributed by atoms with Gasteiger partial charge in [0.1, 0.15) is 0 Å². The Hall–Kier alpha value is -1.50. The maximum atomic E-state index is 10.5. The molecule has 0 saturated carbocycles. The number of non-ortho nitro benzene ring substituents is 1. The molecule has 1 rings (SSSR count). The van der Waals surface area contributed by atoms with Crippen LogP contribution in [0.25, 0.3) is 0 Å². The van der Waals surface area contributed by atoms with Crippen molar-refractivity contribution in [2.45, 2.75) is 32.5 Å². The van der Waals surface area contributed by atoms with E-state index in [9.17, 15) is 15.2 Å². The van der Waals surface area contributed by atoms with Gasteiger partial charge in [-0.1, -0.05) is 0 Å². The smallest absolute Gasteiger partial charge is 0.269 e. The Kier molecular flexibility index (Phi) is 4.77. The molecule has 100 valence electrons. The number of hydrogen-bond acceptors (Lipinski definition) is 5. The van der Waals surface area contributed by atoms with Crippen molar-refractivity contribution >= 4 is 5.69 Å². The van der Waals surface area contributed by atoms with E-state index in [1.165, 1.54) is 24.3 Å². The number of benzene rings is 1. The van der Waals surface area contributed by atoms with Gasteiger partial charge in [-0.15, -0.1) is 0 Å². The SMILES string of the molecule is CC(C)(C)ONCC(O)c1ccc([N+](=O)[O-])cc1. The van der Waals surface area contributed by atoms with Gasteiger partial charge in [0, 0.05) is 12.1 Å². The first-order valence-corrected chi connectivity index (χ1v) is 5.63. The third kappa shape index (κ3) is 4.79. The van der Waals surface area contributed by atoms with Crippen molar-refractivity contribution in [2.75, 3.05) is 6.54 Å². The Morgan fingerprint density at radius 3 is 2.39 bits per heavy atom. The van der Waals surface area contributed by atoms with Crippen LogP contribution in [0.3, 0.4) is 0 Å². The van der Waals surface area contributed by atoms with Crippen molar-refractivity contribution in [2.24, 2.45) is 0 Å². The zero-order valence-corrected chi connectivity index (χ0v) is 10.7. The number of nitrogens with zero attached hydrogens (tertiary/aromatic N) is 1. The highest BCUT2D eigenvalue weighted by Crippen LogP contribution is 2.17. The molecule has 0 amide bonds. The summed E-state index contributed by atoms with van der Waals surface area (Å²) in [5.74, 6) is 0. The molecular weight excluding hydrogens is 236 g/mol. The van der Waals surface area contributed by atoms with Gasteiger partial charge in [-0.3, -0.25) is 15.0 Å². The van der Waals surface area contributed by atoms with Gasteiger partial charge >= 0.3 is 0 Å². The topological polar surface area (TPSA) is 84.6 Å². The summed E-state index contributed by atoms with van der Waals surface area (Å²) < 4.78 is 0. The molecule has 6 heteroatoms. The fourth-order valence-corrected chi connectivity index (χ4v) is 1.27. The van der Waals surface area contributed by atoms with Crippen LogP contribution in [0.4, 0.5) is 5.69 Å². The predicted octanol–water partition coefficient (Wildman–Crippen LogP) is 1.95. The lowest BCUT2D eigenvalue weighted by Crippen LogP contribution is -2.31. The molecule has 0 radical (unpaired) electrons. The number of hydrogen-bond donors (Lipinski definition) is 2. The highest BCUT2D eigenvalue weighted by atomic mass is 16.7. The van der Waals surface area contributed by atoms with Crippen LogP contribution in [0.15, 0.2) is 24.3 Å². The molecule has 1 aromatic rings. The summed E-state index contributed by atoms with van der Waals surface area (Å²) in [7, 11) is 0. The second-order valence-electron chi connectivity index (χ2n) is 4.93. The van der Waals surface area contributed by atoms with E-state index in [2.05, 4.69) is 5.48 Å². The minimum atomic E-state index is -0.770. The molecular formula is C12H18N2O4. The van der Waals surface area contributed by atoms with Gasteiger partial charge in [0.2, 0.25) is 0 Å². The van der Waals surface area contributed by atoms with Gasteiger partial charge in [0.15, 0.2) is 0 Å². The van der Waals surface area contributed by atoms with Gasteiger partial charge < -0.3 is 5.11 Å². The van der Waals surface area contributed by atoms with E-state index in [1.807, 2.05) is 20.8 Å². The zero-order valence-electron chi connectivity index (χ0n) is 10.7. The van der Waals surface area contributed by atoms with Gasteiger partial charge in [-0.25, -0.2) is 0 Å². The Bertz CT molecular complexity index is 398. The van der Waals surface area contributed by atoms with Crippen molar-refractivity contribution in [3.8, 4) is 0 Å². The van der Waals surface area contributed by atoms with Gasteiger partial charge in [-0.05, 0) is 38.5 Å². The first-order valence-electron chi connectivity index (χ1n) is 5.63. The Balaban J connectivity index is 2.51. The average Bonchev–Trinajstić information content (AvgIpc) is 2.27. The number of hydroxylamine groups is 1. The van der Waals surface area contributed by atoms with E-state index in [4.69, 9.17) is 4.84 Å². The van der Waals surface area contributed by atoms with E-state index in [-0.39, 0.29) is 17.8 Å². The summed E-state index contributed by atoms with van der Waals surface area (Å²) in [6, 6.07) is 5.79. The lowest BCUT2D eigenvalue weighted by Gasteiger charge is -2.21. The number of nitro benzene ring substituents is 1. The second kappa shape index (κ2) is 5.90. The van der Waals surface area contributed by atoms with E-state index in [0.717, 1.165) is 0 Å². The monoisotopic (exact) mass is 254 g/mol. The lowest BCUT2D eigenvalue weighted by molar-refractivity contribution is -0.384. The third-order valence-corrected chi connectivity index (χ3v) is 2.14. The molecule has 6 nitrogen and oxygen atoms in total. The number of nitrogens with one attached hydrogen (secondary N) is 1. The van der Waals surface area contributed by atoms with Crippen LogP contribution in [0.5, 0.6) is 0 Å². The van der Waals surface area contributed by atoms with Crippen molar-refractivity contribution in [3.63, 3.8) is 0 Å². The first-order chi connectivity index (χ1) is 8.29. The zero-order chi connectivity index (χ0) is 13.8. The molecule has 0 aliphatic carbocycles. The maximum Gasteiger partial charge on any atom is 0.269 e. The fourth-order valence-electron chi connectivity index (χ4n) is 1.27. The minimum Gasteiger partial charge on any atom is -0.387 e. The molecule has 1 unspecified atom stereocenters. The third-order valence-electron chi connectivity index (χ3n) is 2.14. The lowest BCUT2D eigenvalue weighted by atomic mass is 10.1. The molecule has 0 aromatic heterocycles. The Morgan fingerprint density at radius 2 is 1.94 bits per heavy atom. The predicted molar refractivity (Wildman–Crippen MR) is 66.9 cm³/mol. The molecule has 1 aromatic carbocycles. The summed E-state index contributed by atoms with van der Waals surface area (Å²) in [5, 5.41) is 20.3. The van der Waals surface area contributed by atoms with Gasteiger partial charge in [-0.2, -0.15) is 5.48 Å². The van der Waals surface area contributed by atoms with Crippen molar-refractivity contribution < 1.29 is 14.9 Å². The number of aliphatic hydroxyl groups is 1. The van der Waals surface area contributed by atoms with E-state index >= 15 is 0 Å². The molecule has 0 saturated heterocycles. The molecule has 0 spiro atoms. The van der Waals surface area contributed by atoms with Crippen LogP contribution in [0.1, 0.15) is 32.4 Å². The number of nitro groups is 1. The molecule has 0 heterocycles. The molecule has 0 fully saturated rings. The highest BCUT2D eigenvalue weighted by molar-refractivity contribution is 5.33. The molecule has 0 aliphatic rings. The number of rotatable bonds is 5. The van der Waals surface area contributed by atoms with Gasteiger partial charge in [0.25, 0.3) is 5.69 Å². The summed E-state index contributed by atoms with van der Waals surface area (Å²) in [5.41, 5.74) is 2.95. The minimum absolute atomic E-state index is 0.00449. The Morgan fingerprint density at radius 1 is 1.39 bits per heavy atom.